The minimum atomic E-state index is -0.523. The zero-order valence-corrected chi connectivity index (χ0v) is 14.1. The van der Waals surface area contributed by atoms with Gasteiger partial charge in [0.15, 0.2) is 0 Å². The Morgan fingerprint density at radius 1 is 1.22 bits per heavy atom. The monoisotopic (exact) mass is 324 g/mol. The van der Waals surface area contributed by atoms with Crippen LogP contribution in [-0.4, -0.2) is 55.3 Å². The van der Waals surface area contributed by atoms with Crippen molar-refractivity contribution in [3.05, 3.63) is 0 Å². The van der Waals surface area contributed by atoms with Crippen LogP contribution in [-0.2, 0) is 14.3 Å². The number of hydrogen-bond donors (Lipinski definition) is 1. The van der Waals surface area contributed by atoms with Gasteiger partial charge in [0.1, 0.15) is 6.04 Å². The Bertz CT molecular complexity index is 450. The average molecular weight is 324 g/mol. The van der Waals surface area contributed by atoms with Gasteiger partial charge in [-0.2, -0.15) is 0 Å². The smallest absolute Gasteiger partial charge is 0.407 e. The van der Waals surface area contributed by atoms with Gasteiger partial charge < -0.3 is 19.7 Å². The van der Waals surface area contributed by atoms with Crippen LogP contribution in [0.2, 0.25) is 0 Å². The van der Waals surface area contributed by atoms with E-state index in [1.807, 2.05) is 0 Å². The predicted octanol–water partition coefficient (Wildman–Crippen LogP) is 1.93. The Kier molecular flexibility index (Phi) is 5.09. The second-order valence-corrected chi connectivity index (χ2v) is 7.15. The number of carbonyl (C=O) groups excluding carboxylic acids is 2. The number of amides is 2. The molecule has 2 amide bonds. The lowest BCUT2D eigenvalue weighted by molar-refractivity contribution is -0.138. The highest BCUT2D eigenvalue weighted by molar-refractivity contribution is 5.86. The fourth-order valence-corrected chi connectivity index (χ4v) is 4.69. The SMILES string of the molecule is COC(=O)N[C@H](C(=O)N1[C@H](C)CC2CCC[C@@H]21)C1CCOCC1. The highest BCUT2D eigenvalue weighted by Crippen LogP contribution is 2.41. The largest absolute Gasteiger partial charge is 0.453 e. The van der Waals surface area contributed by atoms with Crippen LogP contribution < -0.4 is 5.32 Å². The van der Waals surface area contributed by atoms with E-state index in [2.05, 4.69) is 17.1 Å². The molecule has 6 nitrogen and oxygen atoms in total. The van der Waals surface area contributed by atoms with Crippen molar-refractivity contribution in [3.8, 4) is 0 Å². The van der Waals surface area contributed by atoms with Crippen molar-refractivity contribution in [1.82, 2.24) is 10.2 Å². The normalized spacial score (nSPS) is 32.4. The molecule has 2 aliphatic heterocycles. The number of fused-ring (bicyclic) bond motifs is 1. The number of carbonyl (C=O) groups is 2. The number of likely N-dealkylation sites (tertiary alicyclic amines) is 1. The van der Waals surface area contributed by atoms with E-state index >= 15 is 0 Å². The molecule has 6 heteroatoms. The fraction of sp³-hybridized carbons (Fsp3) is 0.882. The van der Waals surface area contributed by atoms with Crippen molar-refractivity contribution in [1.29, 1.82) is 0 Å². The third kappa shape index (κ3) is 3.32. The second-order valence-electron chi connectivity index (χ2n) is 7.15. The molecule has 2 saturated heterocycles. The summed E-state index contributed by atoms with van der Waals surface area (Å²) in [6, 6.07) is 0.132. The van der Waals surface area contributed by atoms with Crippen LogP contribution >= 0.6 is 0 Å². The van der Waals surface area contributed by atoms with E-state index in [-0.39, 0.29) is 17.9 Å². The van der Waals surface area contributed by atoms with Crippen LogP contribution in [0, 0.1) is 11.8 Å². The first kappa shape index (κ1) is 16.6. The van der Waals surface area contributed by atoms with Crippen molar-refractivity contribution >= 4 is 12.0 Å². The molecule has 4 atom stereocenters. The van der Waals surface area contributed by atoms with Crippen molar-refractivity contribution in [2.45, 2.75) is 63.6 Å². The molecule has 23 heavy (non-hydrogen) atoms. The topological polar surface area (TPSA) is 67.9 Å². The van der Waals surface area contributed by atoms with Gasteiger partial charge in [0.05, 0.1) is 7.11 Å². The van der Waals surface area contributed by atoms with Gasteiger partial charge in [0.2, 0.25) is 5.91 Å². The van der Waals surface area contributed by atoms with Crippen LogP contribution in [0.1, 0.15) is 45.4 Å². The number of alkyl carbamates (subject to hydrolysis) is 1. The maximum Gasteiger partial charge on any atom is 0.407 e. The molecular formula is C17H28N2O4. The molecule has 1 unspecified atom stereocenters. The van der Waals surface area contributed by atoms with Crippen molar-refractivity contribution in [2.75, 3.05) is 20.3 Å². The van der Waals surface area contributed by atoms with Crippen LogP contribution in [0.25, 0.3) is 0 Å². The van der Waals surface area contributed by atoms with E-state index in [4.69, 9.17) is 9.47 Å². The summed E-state index contributed by atoms with van der Waals surface area (Å²) in [5, 5.41) is 2.81. The van der Waals surface area contributed by atoms with Gasteiger partial charge in [-0.1, -0.05) is 6.42 Å². The van der Waals surface area contributed by atoms with Gasteiger partial charge in [0.25, 0.3) is 0 Å². The summed E-state index contributed by atoms with van der Waals surface area (Å²) in [4.78, 5) is 27.1. The zero-order chi connectivity index (χ0) is 16.4. The average Bonchev–Trinajstić information content (AvgIpc) is 3.12. The Morgan fingerprint density at radius 2 is 1.96 bits per heavy atom. The van der Waals surface area contributed by atoms with Crippen molar-refractivity contribution in [3.63, 3.8) is 0 Å². The Labute approximate surface area is 137 Å². The summed E-state index contributed by atoms with van der Waals surface area (Å²) in [7, 11) is 1.34. The molecule has 1 saturated carbocycles. The number of nitrogens with one attached hydrogen (secondary N) is 1. The second kappa shape index (κ2) is 7.07. The number of rotatable bonds is 3. The van der Waals surface area contributed by atoms with E-state index in [0.717, 1.165) is 25.7 Å². The lowest BCUT2D eigenvalue weighted by atomic mass is 9.90. The van der Waals surface area contributed by atoms with Crippen molar-refractivity contribution < 1.29 is 19.1 Å². The molecule has 1 N–H and O–H groups in total. The molecule has 3 rings (SSSR count). The summed E-state index contributed by atoms with van der Waals surface area (Å²) >= 11 is 0. The fourth-order valence-electron chi connectivity index (χ4n) is 4.69. The Morgan fingerprint density at radius 3 is 2.65 bits per heavy atom. The lowest BCUT2D eigenvalue weighted by Gasteiger charge is -2.36. The highest BCUT2D eigenvalue weighted by atomic mass is 16.5. The molecule has 0 aromatic heterocycles. The summed E-state index contributed by atoms with van der Waals surface area (Å²) in [5.74, 6) is 0.842. The molecule has 3 aliphatic rings. The number of methoxy groups -OCH3 is 1. The lowest BCUT2D eigenvalue weighted by Crippen LogP contribution is -2.55. The molecule has 0 aromatic carbocycles. The van der Waals surface area contributed by atoms with Gasteiger partial charge in [0, 0.05) is 25.3 Å². The molecular weight excluding hydrogens is 296 g/mol. The van der Waals surface area contributed by atoms with Gasteiger partial charge in [-0.15, -0.1) is 0 Å². The third-order valence-corrected chi connectivity index (χ3v) is 5.81. The van der Waals surface area contributed by atoms with Crippen LogP contribution in [0.15, 0.2) is 0 Å². The van der Waals surface area contributed by atoms with Gasteiger partial charge in [-0.05, 0) is 50.9 Å². The minimum absolute atomic E-state index is 0.0733. The summed E-state index contributed by atoms with van der Waals surface area (Å²) < 4.78 is 10.2. The standard InChI is InChI=1S/C17H28N2O4/c1-11-10-13-4-3-5-14(13)19(11)16(20)15(18-17(21)22-2)12-6-8-23-9-7-12/h11-15H,3-10H2,1-2H3,(H,18,21)/t11-,13?,14+,15+/m1/s1. The Balaban J connectivity index is 1.77. The molecule has 0 aromatic rings. The van der Waals surface area contributed by atoms with E-state index in [1.54, 1.807) is 0 Å². The molecule has 130 valence electrons. The van der Waals surface area contributed by atoms with Gasteiger partial charge in [-0.25, -0.2) is 4.79 Å². The summed E-state index contributed by atoms with van der Waals surface area (Å²) in [6.45, 7) is 3.44. The number of hydrogen-bond acceptors (Lipinski definition) is 4. The molecule has 1 aliphatic carbocycles. The molecule has 0 spiro atoms. The number of nitrogens with zero attached hydrogens (tertiary/aromatic N) is 1. The van der Waals surface area contributed by atoms with E-state index < -0.39 is 12.1 Å². The quantitative estimate of drug-likeness (QED) is 0.861. The van der Waals surface area contributed by atoms with Gasteiger partial charge >= 0.3 is 6.09 Å². The zero-order valence-electron chi connectivity index (χ0n) is 14.1. The maximum atomic E-state index is 13.3. The predicted molar refractivity (Wildman–Crippen MR) is 84.9 cm³/mol. The minimum Gasteiger partial charge on any atom is -0.453 e. The maximum absolute atomic E-state index is 13.3. The first-order chi connectivity index (χ1) is 11.1. The van der Waals surface area contributed by atoms with Crippen LogP contribution in [0.4, 0.5) is 4.79 Å². The summed E-state index contributed by atoms with van der Waals surface area (Å²) in [5.41, 5.74) is 0. The van der Waals surface area contributed by atoms with E-state index in [1.165, 1.54) is 20.0 Å². The van der Waals surface area contributed by atoms with Crippen LogP contribution in [0.3, 0.4) is 0 Å². The van der Waals surface area contributed by atoms with E-state index in [9.17, 15) is 9.59 Å². The first-order valence-corrected chi connectivity index (χ1v) is 8.86. The van der Waals surface area contributed by atoms with Crippen LogP contribution in [0.5, 0.6) is 0 Å². The third-order valence-electron chi connectivity index (χ3n) is 5.81. The first-order valence-electron chi connectivity index (χ1n) is 8.86. The summed E-state index contributed by atoms with van der Waals surface area (Å²) in [6.07, 6.45) is 5.70. The molecule has 0 bridgehead atoms. The molecule has 0 radical (unpaired) electrons. The van der Waals surface area contributed by atoms with E-state index in [0.29, 0.717) is 25.2 Å². The highest BCUT2D eigenvalue weighted by Gasteiger charge is 2.47. The Hall–Kier alpha value is -1.30. The molecule has 2 heterocycles. The van der Waals surface area contributed by atoms with Crippen molar-refractivity contribution in [2.24, 2.45) is 11.8 Å². The van der Waals surface area contributed by atoms with Gasteiger partial charge in [-0.3, -0.25) is 4.79 Å². The molecule has 3 fully saturated rings. The number of ether oxygens (including phenoxy) is 2.